The second kappa shape index (κ2) is 15.3. The second-order valence-electron chi connectivity index (χ2n) is 6.85. The van der Waals surface area contributed by atoms with Crippen molar-refractivity contribution in [3.63, 3.8) is 0 Å². The number of methoxy groups -OCH3 is 1. The van der Waals surface area contributed by atoms with Crippen LogP contribution in [0, 0.1) is 5.82 Å². The number of hydrogen-bond acceptors (Lipinski definition) is 5. The molecule has 0 saturated carbocycles. The van der Waals surface area contributed by atoms with E-state index in [-0.39, 0.29) is 5.82 Å². The molecule has 2 aromatic carbocycles. The number of rotatable bonds is 8. The zero-order valence-corrected chi connectivity index (χ0v) is 20.7. The molecule has 34 heavy (non-hydrogen) atoms. The fraction of sp³-hybridized carbons (Fsp3) is 0.222. The van der Waals surface area contributed by atoms with Crippen LogP contribution in [0.2, 0.25) is 0 Å². The van der Waals surface area contributed by atoms with Gasteiger partial charge in [0.05, 0.1) is 12.8 Å². The average Bonchev–Trinajstić information content (AvgIpc) is 3.57. The van der Waals surface area contributed by atoms with Crippen LogP contribution in [0.4, 0.5) is 4.39 Å². The maximum atomic E-state index is 13.3. The number of hydrogen-bond donors (Lipinski definition) is 1. The molecule has 178 valence electrons. The molecule has 0 unspecified atom stereocenters. The summed E-state index contributed by atoms with van der Waals surface area (Å²) < 4.78 is 20.6. The lowest BCUT2D eigenvalue weighted by Gasteiger charge is -2.10. The van der Waals surface area contributed by atoms with Gasteiger partial charge in [-0.25, -0.2) is 4.39 Å². The summed E-state index contributed by atoms with van der Waals surface area (Å²) in [6.07, 6.45) is 10.1. The molecule has 0 amide bonds. The number of nitrogens with zero attached hydrogens (tertiary/aromatic N) is 3. The van der Waals surface area contributed by atoms with E-state index in [9.17, 15) is 4.39 Å². The molecule has 3 aromatic rings. The topological polar surface area (TPSA) is 52.0 Å². The minimum Gasteiger partial charge on any atom is -0.497 e. The summed E-state index contributed by atoms with van der Waals surface area (Å²) >= 11 is 1.54. The lowest BCUT2D eigenvalue weighted by Crippen LogP contribution is -2.02. The van der Waals surface area contributed by atoms with Crippen molar-refractivity contribution in [3.05, 3.63) is 109 Å². The first kappa shape index (κ1) is 26.7. The molecule has 0 atom stereocenters. The summed E-state index contributed by atoms with van der Waals surface area (Å²) in [7, 11) is 1.64. The van der Waals surface area contributed by atoms with E-state index in [0.29, 0.717) is 5.75 Å². The van der Waals surface area contributed by atoms with Crippen LogP contribution < -0.4 is 10.1 Å². The largest absolute Gasteiger partial charge is 0.497 e. The highest BCUT2D eigenvalue weighted by molar-refractivity contribution is 7.98. The molecule has 0 aliphatic heterocycles. The molecule has 0 spiro atoms. The Morgan fingerprint density at radius 1 is 1.12 bits per heavy atom. The van der Waals surface area contributed by atoms with Crippen molar-refractivity contribution < 1.29 is 9.13 Å². The van der Waals surface area contributed by atoms with E-state index in [4.69, 9.17) is 4.74 Å². The van der Waals surface area contributed by atoms with Crippen LogP contribution in [-0.2, 0) is 12.2 Å². The number of ether oxygens (including phenoxy) is 1. The molecule has 1 aliphatic carbocycles. The molecule has 0 radical (unpaired) electrons. The van der Waals surface area contributed by atoms with Crippen molar-refractivity contribution in [1.82, 2.24) is 20.1 Å². The third-order valence-corrected chi connectivity index (χ3v) is 5.43. The van der Waals surface area contributed by atoms with Crippen molar-refractivity contribution in [2.24, 2.45) is 0 Å². The van der Waals surface area contributed by atoms with Gasteiger partial charge in [0.2, 0.25) is 0 Å². The monoisotopic (exact) mass is 478 g/mol. The maximum Gasteiger partial charge on any atom is 0.196 e. The van der Waals surface area contributed by atoms with Gasteiger partial charge in [-0.2, -0.15) is 0 Å². The predicted molar refractivity (Wildman–Crippen MR) is 139 cm³/mol. The van der Waals surface area contributed by atoms with Gasteiger partial charge in [0.15, 0.2) is 5.16 Å². The number of allylic oxidation sites excluding steroid dienone is 3. The predicted octanol–water partition coefficient (Wildman–Crippen LogP) is 6.28. The third-order valence-electron chi connectivity index (χ3n) is 4.43. The normalized spacial score (nSPS) is 10.7. The number of nitrogens with one attached hydrogen (secondary N) is 1. The molecule has 4 rings (SSSR count). The minimum absolute atomic E-state index is 0.225. The van der Waals surface area contributed by atoms with Gasteiger partial charge >= 0.3 is 0 Å². The quantitative estimate of drug-likeness (QED) is 0.305. The van der Waals surface area contributed by atoms with E-state index in [2.05, 4.69) is 27.8 Å². The highest BCUT2D eigenvalue weighted by atomic mass is 32.2. The third kappa shape index (κ3) is 8.77. The Labute approximate surface area is 205 Å². The Morgan fingerprint density at radius 3 is 2.44 bits per heavy atom. The van der Waals surface area contributed by atoms with Crippen LogP contribution in [0.5, 0.6) is 5.75 Å². The van der Waals surface area contributed by atoms with Crippen LogP contribution in [0.3, 0.4) is 0 Å². The van der Waals surface area contributed by atoms with Crippen molar-refractivity contribution in [1.29, 1.82) is 0 Å². The van der Waals surface area contributed by atoms with Crippen LogP contribution in [0.25, 0.3) is 5.69 Å². The van der Waals surface area contributed by atoms with Gasteiger partial charge in [0, 0.05) is 24.8 Å². The van der Waals surface area contributed by atoms with E-state index in [0.717, 1.165) is 40.9 Å². The molecule has 0 fully saturated rings. The average molecular weight is 479 g/mol. The number of thioether (sulfide) groups is 1. The van der Waals surface area contributed by atoms with Crippen molar-refractivity contribution in [3.8, 4) is 11.4 Å². The highest BCUT2D eigenvalue weighted by Gasteiger charge is 2.14. The maximum absolute atomic E-state index is 13.3. The summed E-state index contributed by atoms with van der Waals surface area (Å²) in [6, 6.07) is 14.4. The Bertz CT molecular complexity index is 1120. The minimum atomic E-state index is -0.225. The fourth-order valence-electron chi connectivity index (χ4n) is 2.83. The van der Waals surface area contributed by atoms with E-state index in [1.54, 1.807) is 25.4 Å². The lowest BCUT2D eigenvalue weighted by molar-refractivity contribution is 0.414. The van der Waals surface area contributed by atoms with E-state index < -0.39 is 0 Å². The molecule has 0 saturated heterocycles. The Balaban J connectivity index is 0.000000340. The second-order valence-corrected chi connectivity index (χ2v) is 7.80. The van der Waals surface area contributed by atoms with Crippen LogP contribution in [0.1, 0.15) is 25.2 Å². The van der Waals surface area contributed by atoms with E-state index >= 15 is 0 Å². The molecule has 5 nitrogen and oxygen atoms in total. The highest BCUT2D eigenvalue weighted by Crippen LogP contribution is 2.27. The molecular formula is C27H31FN4OS. The van der Waals surface area contributed by atoms with Crippen molar-refractivity contribution >= 4 is 11.8 Å². The molecule has 0 bridgehead atoms. The van der Waals surface area contributed by atoms with Crippen LogP contribution in [0.15, 0.2) is 96.5 Å². The molecule has 1 aliphatic rings. The number of benzene rings is 2. The molecule has 1 N–H and O–H groups in total. The number of aryl methyl sites for hydroxylation is 1. The summed E-state index contributed by atoms with van der Waals surface area (Å²) in [6.45, 7) is 8.49. The lowest BCUT2D eigenvalue weighted by atomic mass is 10.2. The Hall–Kier alpha value is -3.54. The van der Waals surface area contributed by atoms with Crippen molar-refractivity contribution in [2.75, 3.05) is 13.7 Å². The zero-order chi connectivity index (χ0) is 24.6. The van der Waals surface area contributed by atoms with Gasteiger partial charge in [-0.15, -0.1) is 15.9 Å². The Kier molecular flexibility index (Phi) is 12.0. The SMILES string of the molecule is C1=CC=CC=1.C=CNCC.CCc1nnc(SCc2cccc(F)c2)n1-c1cccc(OC)c1. The Morgan fingerprint density at radius 2 is 1.88 bits per heavy atom. The molecule has 7 heteroatoms. The summed E-state index contributed by atoms with van der Waals surface area (Å²) in [4.78, 5) is 0. The van der Waals surface area contributed by atoms with Crippen molar-refractivity contribution in [2.45, 2.75) is 31.2 Å². The van der Waals surface area contributed by atoms with Gasteiger partial charge in [-0.3, -0.25) is 4.57 Å². The zero-order valence-electron chi connectivity index (χ0n) is 19.9. The molecule has 1 heterocycles. The first-order valence-corrected chi connectivity index (χ1v) is 12.0. The van der Waals surface area contributed by atoms with Crippen LogP contribution in [-0.4, -0.2) is 28.4 Å². The number of halogens is 1. The van der Waals surface area contributed by atoms with Gasteiger partial charge in [-0.1, -0.05) is 55.6 Å². The smallest absolute Gasteiger partial charge is 0.196 e. The molecule has 1 aromatic heterocycles. The summed E-state index contributed by atoms with van der Waals surface area (Å²) in [5.41, 5.74) is 4.73. The van der Waals surface area contributed by atoms with Gasteiger partial charge in [0.1, 0.15) is 17.4 Å². The first-order valence-electron chi connectivity index (χ1n) is 11.0. The first-order chi connectivity index (χ1) is 16.6. The fourth-order valence-corrected chi connectivity index (χ4v) is 3.74. The number of aromatic nitrogens is 3. The summed E-state index contributed by atoms with van der Waals surface area (Å²) in [5, 5.41) is 12.2. The van der Waals surface area contributed by atoms with Gasteiger partial charge in [-0.05, 0) is 55.1 Å². The van der Waals surface area contributed by atoms with E-state index in [1.807, 2.05) is 73.1 Å². The molecular weight excluding hydrogens is 447 g/mol. The standard InChI is InChI=1S/C18H18FN3OS.C5H4.C4H9N/c1-3-17-20-21-18(24-12-13-6-4-7-14(19)10-13)22(17)15-8-5-9-16(11-15)23-2;1-2-4-5-3-1;1-3-5-4-2/h4-11H,3,12H2,1-2H3;1-4H;3,5H,1,4H2,2H3. The van der Waals surface area contributed by atoms with Crippen LogP contribution >= 0.6 is 11.8 Å². The summed E-state index contributed by atoms with van der Waals surface area (Å²) in [5.74, 6) is 2.06. The van der Waals surface area contributed by atoms with E-state index in [1.165, 1.54) is 17.8 Å². The van der Waals surface area contributed by atoms with Gasteiger partial charge in [0.25, 0.3) is 0 Å². The van der Waals surface area contributed by atoms with Gasteiger partial charge < -0.3 is 10.1 Å².